The third-order valence-electron chi connectivity index (χ3n) is 3.64. The van der Waals surface area contributed by atoms with E-state index in [-0.39, 0.29) is 17.5 Å². The van der Waals surface area contributed by atoms with E-state index >= 15 is 0 Å². The van der Waals surface area contributed by atoms with Gasteiger partial charge in [-0.25, -0.2) is 0 Å². The molecule has 7 nitrogen and oxygen atoms in total. The van der Waals surface area contributed by atoms with E-state index in [1.807, 2.05) is 54.6 Å². The van der Waals surface area contributed by atoms with Gasteiger partial charge in [0.25, 0.3) is 0 Å². The van der Waals surface area contributed by atoms with E-state index < -0.39 is 11.2 Å². The van der Waals surface area contributed by atoms with Crippen LogP contribution in [0.15, 0.2) is 64.8 Å². The van der Waals surface area contributed by atoms with Crippen molar-refractivity contribution < 1.29 is 19.4 Å². The number of hydrogen-bond acceptors (Lipinski definition) is 6. The summed E-state index contributed by atoms with van der Waals surface area (Å²) < 4.78 is 5.84. The summed E-state index contributed by atoms with van der Waals surface area (Å²) in [6, 6.07) is 17.2. The number of amides is 1. The Balaban J connectivity index is 1.64. The van der Waals surface area contributed by atoms with Gasteiger partial charge in [0.05, 0.1) is 12.6 Å². The molecule has 0 radical (unpaired) electrons. The highest BCUT2D eigenvalue weighted by molar-refractivity contribution is 8.15. The summed E-state index contributed by atoms with van der Waals surface area (Å²) in [6.45, 7) is 0.434. The molecule has 0 aliphatic carbocycles. The van der Waals surface area contributed by atoms with Crippen LogP contribution in [-0.2, 0) is 16.2 Å². The molecule has 1 fully saturated rings. The largest absolute Gasteiger partial charge is 0.488 e. The second-order valence-electron chi connectivity index (χ2n) is 5.66. The van der Waals surface area contributed by atoms with Crippen molar-refractivity contribution in [2.75, 3.05) is 0 Å². The lowest BCUT2D eigenvalue weighted by Crippen LogP contribution is -2.26. The van der Waals surface area contributed by atoms with E-state index in [2.05, 4.69) is 15.5 Å². The number of benzene rings is 2. The van der Waals surface area contributed by atoms with Gasteiger partial charge in [0.2, 0.25) is 5.91 Å². The van der Waals surface area contributed by atoms with Gasteiger partial charge in [-0.2, -0.15) is 5.10 Å². The SMILES string of the molecule is O=C(O)C[C@H]1S/C(=N\N=C/c2ccccc2OCc2ccccc2)NC1=O. The molecule has 3 rings (SSSR count). The van der Waals surface area contributed by atoms with Gasteiger partial charge in [-0.05, 0) is 17.7 Å². The molecule has 2 aromatic rings. The highest BCUT2D eigenvalue weighted by Gasteiger charge is 2.32. The lowest BCUT2D eigenvalue weighted by atomic mass is 10.2. The molecule has 1 amide bonds. The van der Waals surface area contributed by atoms with Crippen LogP contribution in [0.3, 0.4) is 0 Å². The van der Waals surface area contributed by atoms with Crippen LogP contribution < -0.4 is 10.1 Å². The molecule has 1 heterocycles. The van der Waals surface area contributed by atoms with Gasteiger partial charge in [0.15, 0.2) is 5.17 Å². The highest BCUT2D eigenvalue weighted by Crippen LogP contribution is 2.22. The highest BCUT2D eigenvalue weighted by atomic mass is 32.2. The first kappa shape index (κ1) is 18.7. The first-order valence-electron chi connectivity index (χ1n) is 8.18. The number of carbonyl (C=O) groups is 2. The summed E-state index contributed by atoms with van der Waals surface area (Å²) in [7, 11) is 0. The van der Waals surface area contributed by atoms with Crippen LogP contribution in [0.1, 0.15) is 17.5 Å². The Bertz CT molecular complexity index is 884. The summed E-state index contributed by atoms with van der Waals surface area (Å²) >= 11 is 1.06. The number of ether oxygens (including phenoxy) is 1. The van der Waals surface area contributed by atoms with Crippen LogP contribution in [0.25, 0.3) is 0 Å². The van der Waals surface area contributed by atoms with Gasteiger partial charge in [-0.3, -0.25) is 9.59 Å². The van der Waals surface area contributed by atoms with Crippen LogP contribution in [0, 0.1) is 0 Å². The molecule has 0 unspecified atom stereocenters. The van der Waals surface area contributed by atoms with E-state index in [4.69, 9.17) is 9.84 Å². The molecule has 1 saturated heterocycles. The number of hydrogen-bond donors (Lipinski definition) is 2. The molecule has 138 valence electrons. The third-order valence-corrected chi connectivity index (χ3v) is 4.71. The van der Waals surface area contributed by atoms with Crippen molar-refractivity contribution in [1.82, 2.24) is 5.32 Å². The summed E-state index contributed by atoms with van der Waals surface area (Å²) in [5.41, 5.74) is 1.80. The van der Waals surface area contributed by atoms with E-state index in [0.29, 0.717) is 12.4 Å². The Labute approximate surface area is 160 Å². The second-order valence-corrected chi connectivity index (χ2v) is 6.85. The van der Waals surface area contributed by atoms with Crippen molar-refractivity contribution >= 4 is 35.0 Å². The van der Waals surface area contributed by atoms with Gasteiger partial charge in [-0.1, -0.05) is 54.2 Å². The molecule has 0 spiro atoms. The Morgan fingerprint density at radius 3 is 2.70 bits per heavy atom. The third kappa shape index (κ3) is 5.42. The molecule has 1 atom stereocenters. The lowest BCUT2D eigenvalue weighted by molar-refractivity contribution is -0.138. The van der Waals surface area contributed by atoms with Crippen LogP contribution in [0.5, 0.6) is 5.75 Å². The molecule has 1 aliphatic rings. The fourth-order valence-electron chi connectivity index (χ4n) is 2.34. The fourth-order valence-corrected chi connectivity index (χ4v) is 3.26. The number of nitrogens with one attached hydrogen (secondary N) is 1. The zero-order valence-corrected chi connectivity index (χ0v) is 15.1. The van der Waals surface area contributed by atoms with Crippen molar-refractivity contribution in [3.8, 4) is 5.75 Å². The number of aliphatic carboxylic acids is 1. The Kier molecular flexibility index (Phi) is 6.22. The number of thioether (sulfide) groups is 1. The molecule has 2 aromatic carbocycles. The van der Waals surface area contributed by atoms with Crippen LogP contribution in [0.2, 0.25) is 0 Å². The van der Waals surface area contributed by atoms with E-state index in [1.165, 1.54) is 6.21 Å². The van der Waals surface area contributed by atoms with Crippen molar-refractivity contribution in [3.05, 3.63) is 65.7 Å². The Morgan fingerprint density at radius 1 is 1.19 bits per heavy atom. The molecule has 0 saturated carbocycles. The molecular formula is C19H17N3O4S. The van der Waals surface area contributed by atoms with Gasteiger partial charge < -0.3 is 15.2 Å². The Morgan fingerprint density at radius 2 is 1.93 bits per heavy atom. The number of rotatable bonds is 7. The van der Waals surface area contributed by atoms with Crippen molar-refractivity contribution in [1.29, 1.82) is 0 Å². The maximum absolute atomic E-state index is 11.7. The van der Waals surface area contributed by atoms with E-state index in [9.17, 15) is 9.59 Å². The first-order valence-corrected chi connectivity index (χ1v) is 9.06. The second kappa shape index (κ2) is 9.00. The predicted molar refractivity (Wildman–Crippen MR) is 104 cm³/mol. The van der Waals surface area contributed by atoms with Gasteiger partial charge in [0, 0.05) is 5.56 Å². The smallest absolute Gasteiger partial charge is 0.305 e. The quantitative estimate of drug-likeness (QED) is 0.566. The fraction of sp³-hybridized carbons (Fsp3) is 0.158. The monoisotopic (exact) mass is 383 g/mol. The standard InChI is InChI=1S/C19H17N3O4S/c23-17(24)10-16-18(25)21-19(27-16)22-20-11-14-8-4-5-9-15(14)26-12-13-6-2-1-3-7-13/h1-9,11,16H,10,12H2,(H,23,24)(H,21,22,25)/b20-11-/t16-/m1/s1. The molecule has 8 heteroatoms. The maximum atomic E-state index is 11.7. The van der Waals surface area contributed by atoms with Crippen molar-refractivity contribution in [2.45, 2.75) is 18.3 Å². The van der Waals surface area contributed by atoms with Crippen molar-refractivity contribution in [3.63, 3.8) is 0 Å². The number of para-hydroxylation sites is 1. The minimum Gasteiger partial charge on any atom is -0.488 e. The number of carboxylic acid groups (broad SMARTS) is 1. The molecular weight excluding hydrogens is 366 g/mol. The maximum Gasteiger partial charge on any atom is 0.305 e. The summed E-state index contributed by atoms with van der Waals surface area (Å²) in [5, 5.41) is 18.9. The van der Waals surface area contributed by atoms with Crippen LogP contribution >= 0.6 is 11.8 Å². The summed E-state index contributed by atoms with van der Waals surface area (Å²) in [4.78, 5) is 22.4. The molecule has 1 aliphatic heterocycles. The normalized spacial score (nSPS) is 18.0. The average molecular weight is 383 g/mol. The molecule has 27 heavy (non-hydrogen) atoms. The summed E-state index contributed by atoms with van der Waals surface area (Å²) in [5.74, 6) is -0.739. The minimum absolute atomic E-state index is 0.255. The topological polar surface area (TPSA) is 100 Å². The van der Waals surface area contributed by atoms with Crippen LogP contribution in [0.4, 0.5) is 0 Å². The van der Waals surface area contributed by atoms with Gasteiger partial charge in [-0.15, -0.1) is 5.10 Å². The van der Waals surface area contributed by atoms with Gasteiger partial charge >= 0.3 is 5.97 Å². The zero-order valence-electron chi connectivity index (χ0n) is 14.2. The number of carbonyl (C=O) groups excluding carboxylic acids is 1. The van der Waals surface area contributed by atoms with Gasteiger partial charge in [0.1, 0.15) is 17.6 Å². The van der Waals surface area contributed by atoms with Crippen molar-refractivity contribution in [2.24, 2.45) is 10.2 Å². The zero-order chi connectivity index (χ0) is 19.1. The summed E-state index contributed by atoms with van der Waals surface area (Å²) in [6.07, 6.45) is 1.28. The van der Waals surface area contributed by atoms with E-state index in [0.717, 1.165) is 22.9 Å². The van der Waals surface area contributed by atoms with E-state index in [1.54, 1.807) is 0 Å². The molecule has 2 N–H and O–H groups in total. The molecule has 0 aromatic heterocycles. The first-order chi connectivity index (χ1) is 13.1. The van der Waals surface area contributed by atoms with Crippen LogP contribution in [-0.4, -0.2) is 33.6 Å². The number of nitrogens with zero attached hydrogens (tertiary/aromatic N) is 2. The average Bonchev–Trinajstić information content (AvgIpc) is 3.00. The Hall–Kier alpha value is -3.13. The predicted octanol–water partition coefficient (Wildman–Crippen LogP) is 2.66. The minimum atomic E-state index is -1.03. The molecule has 0 bridgehead atoms. The lowest BCUT2D eigenvalue weighted by Gasteiger charge is -2.08. The number of carboxylic acids is 1. The number of amidine groups is 1.